The van der Waals surface area contributed by atoms with Crippen molar-refractivity contribution < 1.29 is 19.1 Å². The average Bonchev–Trinajstić information content (AvgIpc) is 2.09. The van der Waals surface area contributed by atoms with Crippen LogP contribution in [0.25, 0.3) is 0 Å². The Kier molecular flexibility index (Phi) is 5.23. The molecular weight excluding hydrogens is 212 g/mol. The molecule has 0 unspecified atom stereocenters. The number of rotatable bonds is 3. The molecular formula is C10H20N2O4. The zero-order valence-electron chi connectivity index (χ0n) is 10.4. The molecule has 0 aromatic carbocycles. The summed E-state index contributed by atoms with van der Waals surface area (Å²) in [7, 11) is 1.23. The number of methoxy groups -OCH3 is 1. The molecule has 0 spiro atoms. The van der Waals surface area contributed by atoms with E-state index in [9.17, 15) is 9.59 Å². The Hall–Kier alpha value is -1.30. The van der Waals surface area contributed by atoms with Crippen molar-refractivity contribution in [3.05, 3.63) is 0 Å². The molecule has 0 bridgehead atoms. The summed E-state index contributed by atoms with van der Waals surface area (Å²) in [5, 5.41) is 2.36. The third-order valence-electron chi connectivity index (χ3n) is 1.65. The Balaban J connectivity index is 4.42. The highest BCUT2D eigenvalue weighted by atomic mass is 16.6. The van der Waals surface area contributed by atoms with Crippen molar-refractivity contribution in [2.75, 3.05) is 7.11 Å². The molecule has 0 aromatic heterocycles. The molecule has 0 rings (SSSR count). The molecule has 0 aliphatic carbocycles. The average molecular weight is 232 g/mol. The second-order valence-electron chi connectivity index (χ2n) is 4.51. The van der Waals surface area contributed by atoms with E-state index in [-0.39, 0.29) is 0 Å². The van der Waals surface area contributed by atoms with E-state index < -0.39 is 29.7 Å². The smallest absolute Gasteiger partial charge is 0.408 e. The topological polar surface area (TPSA) is 90.6 Å². The number of nitrogens with one attached hydrogen (secondary N) is 1. The number of hydrogen-bond acceptors (Lipinski definition) is 5. The van der Waals surface area contributed by atoms with Gasteiger partial charge in [0, 0.05) is 6.04 Å². The van der Waals surface area contributed by atoms with Crippen LogP contribution in [-0.2, 0) is 14.3 Å². The Labute approximate surface area is 95.5 Å². The molecule has 0 aliphatic heterocycles. The minimum absolute atomic E-state index is 0.556. The second kappa shape index (κ2) is 5.69. The Bertz CT molecular complexity index is 258. The first-order valence-corrected chi connectivity index (χ1v) is 5.00. The van der Waals surface area contributed by atoms with Crippen LogP contribution in [0.3, 0.4) is 0 Å². The van der Waals surface area contributed by atoms with Crippen molar-refractivity contribution in [1.29, 1.82) is 0 Å². The Morgan fingerprint density at radius 2 is 1.81 bits per heavy atom. The van der Waals surface area contributed by atoms with Gasteiger partial charge in [-0.2, -0.15) is 0 Å². The zero-order valence-corrected chi connectivity index (χ0v) is 10.4. The van der Waals surface area contributed by atoms with Gasteiger partial charge in [0.25, 0.3) is 0 Å². The lowest BCUT2D eigenvalue weighted by atomic mass is 10.1. The first-order chi connectivity index (χ1) is 7.17. The normalized spacial score (nSPS) is 14.9. The van der Waals surface area contributed by atoms with Gasteiger partial charge in [0.15, 0.2) is 0 Å². The van der Waals surface area contributed by atoms with Crippen LogP contribution in [0.2, 0.25) is 0 Å². The molecule has 0 radical (unpaired) electrons. The van der Waals surface area contributed by atoms with E-state index in [0.717, 1.165) is 0 Å². The molecule has 0 heterocycles. The molecule has 94 valence electrons. The molecule has 2 atom stereocenters. The largest absolute Gasteiger partial charge is 0.467 e. The van der Waals surface area contributed by atoms with Crippen molar-refractivity contribution >= 4 is 12.1 Å². The van der Waals surface area contributed by atoms with Crippen molar-refractivity contribution in [2.45, 2.75) is 45.4 Å². The number of nitrogens with two attached hydrogens (primary N) is 1. The van der Waals surface area contributed by atoms with Gasteiger partial charge < -0.3 is 20.5 Å². The van der Waals surface area contributed by atoms with E-state index in [0.29, 0.717) is 0 Å². The molecule has 0 saturated carbocycles. The van der Waals surface area contributed by atoms with Gasteiger partial charge in [-0.05, 0) is 27.7 Å². The van der Waals surface area contributed by atoms with E-state index in [1.54, 1.807) is 27.7 Å². The van der Waals surface area contributed by atoms with Gasteiger partial charge in [-0.15, -0.1) is 0 Å². The first-order valence-electron chi connectivity index (χ1n) is 5.00. The molecule has 0 aliphatic rings. The second-order valence-corrected chi connectivity index (χ2v) is 4.51. The summed E-state index contributed by atoms with van der Waals surface area (Å²) >= 11 is 0. The standard InChI is InChI=1S/C10H20N2O4/c1-6(11)7(8(13)15-5)12-9(14)16-10(2,3)4/h6-7H,11H2,1-5H3,(H,12,14)/t6-,7+/m1/s1. The highest BCUT2D eigenvalue weighted by Crippen LogP contribution is 2.07. The maximum Gasteiger partial charge on any atom is 0.408 e. The Morgan fingerprint density at radius 3 is 2.12 bits per heavy atom. The van der Waals surface area contributed by atoms with Crippen LogP contribution >= 0.6 is 0 Å². The summed E-state index contributed by atoms with van der Waals surface area (Å²) in [4.78, 5) is 22.7. The monoisotopic (exact) mass is 232 g/mol. The third kappa shape index (κ3) is 5.55. The number of carbonyl (C=O) groups is 2. The number of carbonyl (C=O) groups excluding carboxylic acids is 2. The van der Waals surface area contributed by atoms with Gasteiger partial charge in [0.2, 0.25) is 0 Å². The van der Waals surface area contributed by atoms with Crippen molar-refractivity contribution in [3.63, 3.8) is 0 Å². The summed E-state index contributed by atoms with van der Waals surface area (Å²) in [5.74, 6) is -0.596. The molecule has 6 nitrogen and oxygen atoms in total. The summed E-state index contributed by atoms with van der Waals surface area (Å²) in [6.45, 7) is 6.78. The van der Waals surface area contributed by atoms with Crippen LogP contribution in [0.4, 0.5) is 4.79 Å². The van der Waals surface area contributed by atoms with Crippen molar-refractivity contribution in [2.24, 2.45) is 5.73 Å². The fraction of sp³-hybridized carbons (Fsp3) is 0.800. The number of ether oxygens (including phenoxy) is 2. The van der Waals surface area contributed by atoms with E-state index in [2.05, 4.69) is 10.1 Å². The third-order valence-corrected chi connectivity index (χ3v) is 1.65. The lowest BCUT2D eigenvalue weighted by molar-refractivity contribution is -0.143. The van der Waals surface area contributed by atoms with Crippen LogP contribution in [0, 0.1) is 0 Å². The van der Waals surface area contributed by atoms with Crippen LogP contribution in [-0.4, -0.2) is 36.9 Å². The van der Waals surface area contributed by atoms with Gasteiger partial charge in [0.05, 0.1) is 7.11 Å². The maximum absolute atomic E-state index is 11.4. The first kappa shape index (κ1) is 14.7. The number of hydrogen-bond donors (Lipinski definition) is 2. The van der Waals surface area contributed by atoms with Gasteiger partial charge >= 0.3 is 12.1 Å². The minimum atomic E-state index is -0.903. The molecule has 0 aromatic rings. The van der Waals surface area contributed by atoms with Crippen molar-refractivity contribution in [3.8, 4) is 0 Å². The molecule has 1 amide bonds. The van der Waals surface area contributed by atoms with E-state index >= 15 is 0 Å². The predicted molar refractivity (Wildman–Crippen MR) is 58.8 cm³/mol. The van der Waals surface area contributed by atoms with E-state index in [1.165, 1.54) is 7.11 Å². The number of esters is 1. The van der Waals surface area contributed by atoms with Crippen LogP contribution in [0.5, 0.6) is 0 Å². The number of alkyl carbamates (subject to hydrolysis) is 1. The molecule has 3 N–H and O–H groups in total. The van der Waals surface area contributed by atoms with Crippen LogP contribution in [0.1, 0.15) is 27.7 Å². The highest BCUT2D eigenvalue weighted by molar-refractivity contribution is 5.82. The summed E-state index contributed by atoms with van der Waals surface area (Å²) in [6.07, 6.45) is -0.694. The van der Waals surface area contributed by atoms with E-state index in [4.69, 9.17) is 10.5 Å². The van der Waals surface area contributed by atoms with Crippen LogP contribution < -0.4 is 11.1 Å². The Morgan fingerprint density at radius 1 is 1.31 bits per heavy atom. The molecule has 0 fully saturated rings. The molecule has 6 heteroatoms. The molecule has 16 heavy (non-hydrogen) atoms. The minimum Gasteiger partial charge on any atom is -0.467 e. The fourth-order valence-electron chi connectivity index (χ4n) is 0.967. The highest BCUT2D eigenvalue weighted by Gasteiger charge is 2.27. The summed E-state index contributed by atoms with van der Waals surface area (Å²) in [6, 6.07) is -1.46. The van der Waals surface area contributed by atoms with Gasteiger partial charge in [-0.25, -0.2) is 9.59 Å². The number of amides is 1. The van der Waals surface area contributed by atoms with Gasteiger partial charge in [-0.1, -0.05) is 0 Å². The van der Waals surface area contributed by atoms with Gasteiger partial charge in [0.1, 0.15) is 11.6 Å². The predicted octanol–water partition coefficient (Wildman–Crippen LogP) is 0.400. The van der Waals surface area contributed by atoms with Gasteiger partial charge in [-0.3, -0.25) is 0 Å². The lowest BCUT2D eigenvalue weighted by Gasteiger charge is -2.24. The maximum atomic E-state index is 11.4. The zero-order chi connectivity index (χ0) is 12.9. The van der Waals surface area contributed by atoms with E-state index in [1.807, 2.05) is 0 Å². The fourth-order valence-corrected chi connectivity index (χ4v) is 0.967. The SMILES string of the molecule is COC(=O)[C@@H](NC(=O)OC(C)(C)C)[C@@H](C)N. The summed E-state index contributed by atoms with van der Waals surface area (Å²) < 4.78 is 9.52. The molecule has 0 saturated heterocycles. The summed E-state index contributed by atoms with van der Waals surface area (Å²) in [5.41, 5.74) is 4.93. The quantitative estimate of drug-likeness (QED) is 0.687. The lowest BCUT2D eigenvalue weighted by Crippen LogP contribution is -2.52. The van der Waals surface area contributed by atoms with Crippen molar-refractivity contribution in [1.82, 2.24) is 5.32 Å². The van der Waals surface area contributed by atoms with Crippen LogP contribution in [0.15, 0.2) is 0 Å².